The van der Waals surface area contributed by atoms with E-state index in [9.17, 15) is 4.39 Å². The smallest absolute Gasteiger partial charge is 0.142 e. The SMILES string of the molecule is COCCC[C@H]1CC[C@H](c2ccc(Cl)c(F)c2)CC1. The number of ether oxygens (including phenoxy) is 1. The van der Waals surface area contributed by atoms with E-state index in [1.54, 1.807) is 19.2 Å². The Morgan fingerprint density at radius 1 is 1.26 bits per heavy atom. The highest BCUT2D eigenvalue weighted by Crippen LogP contribution is 2.38. The lowest BCUT2D eigenvalue weighted by Gasteiger charge is -2.28. The van der Waals surface area contributed by atoms with Crippen LogP contribution in [-0.2, 0) is 4.74 Å². The molecule has 0 atom stereocenters. The molecule has 1 fully saturated rings. The molecular formula is C16H22ClFO. The molecule has 0 aromatic heterocycles. The molecule has 0 heterocycles. The molecule has 0 spiro atoms. The molecule has 0 aliphatic heterocycles. The first-order valence-corrected chi connectivity index (χ1v) is 7.52. The van der Waals surface area contributed by atoms with Gasteiger partial charge in [0, 0.05) is 13.7 Å². The average Bonchev–Trinajstić information content (AvgIpc) is 2.43. The van der Waals surface area contributed by atoms with Crippen molar-refractivity contribution in [1.82, 2.24) is 0 Å². The lowest BCUT2D eigenvalue weighted by atomic mass is 9.77. The molecule has 0 radical (unpaired) electrons. The number of benzene rings is 1. The first-order valence-electron chi connectivity index (χ1n) is 7.14. The first kappa shape index (κ1) is 14.8. The molecule has 0 N–H and O–H groups in total. The van der Waals surface area contributed by atoms with E-state index in [1.807, 2.05) is 6.07 Å². The zero-order valence-electron chi connectivity index (χ0n) is 11.5. The summed E-state index contributed by atoms with van der Waals surface area (Å²) in [6.07, 6.45) is 7.24. The van der Waals surface area contributed by atoms with Crippen molar-refractivity contribution in [3.8, 4) is 0 Å². The van der Waals surface area contributed by atoms with Crippen molar-refractivity contribution in [2.45, 2.75) is 44.4 Å². The normalized spacial score (nSPS) is 23.5. The summed E-state index contributed by atoms with van der Waals surface area (Å²) in [5.41, 5.74) is 1.11. The van der Waals surface area contributed by atoms with Gasteiger partial charge < -0.3 is 4.74 Å². The molecular weight excluding hydrogens is 263 g/mol. The van der Waals surface area contributed by atoms with Gasteiger partial charge in [0.15, 0.2) is 0 Å². The fourth-order valence-corrected chi connectivity index (χ4v) is 3.18. The first-order chi connectivity index (χ1) is 9.20. The maximum atomic E-state index is 13.5. The van der Waals surface area contributed by atoms with E-state index >= 15 is 0 Å². The van der Waals surface area contributed by atoms with E-state index in [0.717, 1.165) is 24.5 Å². The van der Waals surface area contributed by atoms with Gasteiger partial charge in [0.2, 0.25) is 0 Å². The Kier molecular flexibility index (Phi) is 5.65. The molecule has 0 bridgehead atoms. The molecule has 3 heteroatoms. The summed E-state index contributed by atoms with van der Waals surface area (Å²) in [6, 6.07) is 5.26. The van der Waals surface area contributed by atoms with Gasteiger partial charge in [-0.1, -0.05) is 17.7 Å². The number of rotatable bonds is 5. The summed E-state index contributed by atoms with van der Waals surface area (Å²) in [5, 5.41) is 0.219. The van der Waals surface area contributed by atoms with Gasteiger partial charge in [-0.15, -0.1) is 0 Å². The van der Waals surface area contributed by atoms with Crippen LogP contribution in [0, 0.1) is 11.7 Å². The summed E-state index contributed by atoms with van der Waals surface area (Å²) in [4.78, 5) is 0. The Morgan fingerprint density at radius 3 is 2.63 bits per heavy atom. The Labute approximate surface area is 120 Å². The summed E-state index contributed by atoms with van der Waals surface area (Å²) in [7, 11) is 1.76. The van der Waals surface area contributed by atoms with E-state index in [0.29, 0.717) is 5.92 Å². The van der Waals surface area contributed by atoms with Gasteiger partial charge in [-0.3, -0.25) is 0 Å². The molecule has 0 amide bonds. The van der Waals surface area contributed by atoms with Crippen LogP contribution < -0.4 is 0 Å². The highest BCUT2D eigenvalue weighted by atomic mass is 35.5. The highest BCUT2D eigenvalue weighted by molar-refractivity contribution is 6.30. The quantitative estimate of drug-likeness (QED) is 0.677. The minimum absolute atomic E-state index is 0.219. The predicted molar refractivity (Wildman–Crippen MR) is 77.2 cm³/mol. The van der Waals surface area contributed by atoms with Crippen LogP contribution >= 0.6 is 11.6 Å². The van der Waals surface area contributed by atoms with Crippen LogP contribution in [0.1, 0.15) is 50.0 Å². The second-order valence-corrected chi connectivity index (χ2v) is 5.93. The lowest BCUT2D eigenvalue weighted by molar-refractivity contribution is 0.180. The van der Waals surface area contributed by atoms with Gasteiger partial charge in [-0.2, -0.15) is 0 Å². The summed E-state index contributed by atoms with van der Waals surface area (Å²) in [6.45, 7) is 0.863. The third-order valence-electron chi connectivity index (χ3n) is 4.22. The topological polar surface area (TPSA) is 9.23 Å². The Hall–Kier alpha value is -0.600. The molecule has 2 rings (SSSR count). The van der Waals surface area contributed by atoms with Crippen molar-refractivity contribution in [3.63, 3.8) is 0 Å². The van der Waals surface area contributed by atoms with E-state index in [1.165, 1.54) is 32.1 Å². The number of hydrogen-bond donors (Lipinski definition) is 0. The van der Waals surface area contributed by atoms with Crippen LogP contribution in [0.5, 0.6) is 0 Å². The second kappa shape index (κ2) is 7.25. The number of methoxy groups -OCH3 is 1. The molecule has 1 aromatic rings. The van der Waals surface area contributed by atoms with E-state index in [4.69, 9.17) is 16.3 Å². The fraction of sp³-hybridized carbons (Fsp3) is 0.625. The molecule has 0 saturated heterocycles. The van der Waals surface area contributed by atoms with Crippen molar-refractivity contribution in [3.05, 3.63) is 34.6 Å². The average molecular weight is 285 g/mol. The summed E-state index contributed by atoms with van der Waals surface area (Å²) < 4.78 is 18.6. The predicted octanol–water partition coefficient (Wildman–Crippen LogP) is 5.18. The van der Waals surface area contributed by atoms with Gasteiger partial charge in [-0.05, 0) is 68.1 Å². The molecule has 106 valence electrons. The van der Waals surface area contributed by atoms with E-state index in [-0.39, 0.29) is 10.8 Å². The van der Waals surface area contributed by atoms with Crippen molar-refractivity contribution in [1.29, 1.82) is 0 Å². The van der Waals surface area contributed by atoms with Crippen LogP contribution in [0.15, 0.2) is 18.2 Å². The number of hydrogen-bond acceptors (Lipinski definition) is 1. The summed E-state index contributed by atoms with van der Waals surface area (Å²) >= 11 is 5.73. The van der Waals surface area contributed by atoms with Gasteiger partial charge in [-0.25, -0.2) is 4.39 Å². The van der Waals surface area contributed by atoms with Crippen LogP contribution in [0.3, 0.4) is 0 Å². The third kappa shape index (κ3) is 4.19. The van der Waals surface area contributed by atoms with Crippen LogP contribution in [0.2, 0.25) is 5.02 Å². The lowest BCUT2D eigenvalue weighted by Crippen LogP contribution is -2.14. The van der Waals surface area contributed by atoms with Crippen molar-refractivity contribution < 1.29 is 9.13 Å². The fourth-order valence-electron chi connectivity index (χ4n) is 3.07. The maximum Gasteiger partial charge on any atom is 0.142 e. The maximum absolute atomic E-state index is 13.5. The molecule has 1 aliphatic rings. The van der Waals surface area contributed by atoms with Gasteiger partial charge in [0.1, 0.15) is 5.82 Å². The standard InChI is InChI=1S/C16H22ClFO/c1-19-10-2-3-12-4-6-13(7-5-12)14-8-9-15(17)16(18)11-14/h8-9,11-13H,2-7,10H2,1H3/t12-,13-. The minimum atomic E-state index is -0.290. The zero-order chi connectivity index (χ0) is 13.7. The summed E-state index contributed by atoms with van der Waals surface area (Å²) in [5.74, 6) is 1.04. The van der Waals surface area contributed by atoms with E-state index in [2.05, 4.69) is 0 Å². The van der Waals surface area contributed by atoms with E-state index < -0.39 is 0 Å². The Bertz CT molecular complexity index is 400. The minimum Gasteiger partial charge on any atom is -0.385 e. The molecule has 1 aliphatic carbocycles. The Balaban J connectivity index is 1.84. The third-order valence-corrected chi connectivity index (χ3v) is 4.53. The van der Waals surface area contributed by atoms with Crippen molar-refractivity contribution in [2.24, 2.45) is 5.92 Å². The van der Waals surface area contributed by atoms with Gasteiger partial charge in [0.25, 0.3) is 0 Å². The van der Waals surface area contributed by atoms with Crippen LogP contribution in [0.25, 0.3) is 0 Å². The van der Waals surface area contributed by atoms with Gasteiger partial charge >= 0.3 is 0 Å². The molecule has 1 aromatic carbocycles. The van der Waals surface area contributed by atoms with Crippen LogP contribution in [-0.4, -0.2) is 13.7 Å². The Morgan fingerprint density at radius 2 is 2.00 bits per heavy atom. The van der Waals surface area contributed by atoms with Crippen molar-refractivity contribution >= 4 is 11.6 Å². The molecule has 19 heavy (non-hydrogen) atoms. The van der Waals surface area contributed by atoms with Gasteiger partial charge in [0.05, 0.1) is 5.02 Å². The molecule has 1 saturated carbocycles. The zero-order valence-corrected chi connectivity index (χ0v) is 12.3. The molecule has 0 unspecified atom stereocenters. The molecule has 1 nitrogen and oxygen atoms in total. The highest BCUT2D eigenvalue weighted by Gasteiger charge is 2.22. The second-order valence-electron chi connectivity index (χ2n) is 5.53. The van der Waals surface area contributed by atoms with Crippen molar-refractivity contribution in [2.75, 3.05) is 13.7 Å². The van der Waals surface area contributed by atoms with Crippen LogP contribution in [0.4, 0.5) is 4.39 Å². The monoisotopic (exact) mass is 284 g/mol. The number of halogens is 2. The largest absolute Gasteiger partial charge is 0.385 e.